The average Bonchev–Trinajstić information content (AvgIpc) is 2.37. The Morgan fingerprint density at radius 3 is 2.50 bits per heavy atom. The predicted molar refractivity (Wildman–Crippen MR) is 74.2 cm³/mol. The number of amides is 1. The van der Waals surface area contributed by atoms with Crippen molar-refractivity contribution in [1.29, 1.82) is 0 Å². The third-order valence-corrected chi connectivity index (χ3v) is 2.74. The molecule has 1 atom stereocenters. The maximum atomic E-state index is 11.9. The van der Waals surface area contributed by atoms with Crippen molar-refractivity contribution in [2.45, 2.75) is 19.8 Å². The van der Waals surface area contributed by atoms with Crippen LogP contribution in [0, 0.1) is 5.92 Å². The summed E-state index contributed by atoms with van der Waals surface area (Å²) in [5, 5.41) is 11.4. The molecule has 6 heteroatoms. The zero-order chi connectivity index (χ0) is 15.1. The van der Waals surface area contributed by atoms with Crippen LogP contribution in [0.3, 0.4) is 0 Å². The van der Waals surface area contributed by atoms with Crippen LogP contribution in [0.25, 0.3) is 0 Å². The van der Waals surface area contributed by atoms with Crippen LogP contribution in [-0.4, -0.2) is 31.2 Å². The van der Waals surface area contributed by atoms with Crippen molar-refractivity contribution in [2.75, 3.05) is 19.5 Å². The quantitative estimate of drug-likeness (QED) is 0.800. The van der Waals surface area contributed by atoms with Crippen molar-refractivity contribution in [1.82, 2.24) is 0 Å². The molecule has 0 fully saturated rings. The van der Waals surface area contributed by atoms with Gasteiger partial charge in [0, 0.05) is 18.9 Å². The summed E-state index contributed by atoms with van der Waals surface area (Å²) in [5.74, 6) is -0.289. The monoisotopic (exact) mass is 281 g/mol. The summed E-state index contributed by atoms with van der Waals surface area (Å²) in [7, 11) is 3.03. The van der Waals surface area contributed by atoms with Crippen molar-refractivity contribution in [3.8, 4) is 11.5 Å². The van der Waals surface area contributed by atoms with Crippen molar-refractivity contribution in [3.05, 3.63) is 18.2 Å². The van der Waals surface area contributed by atoms with Gasteiger partial charge < -0.3 is 19.9 Å². The van der Waals surface area contributed by atoms with Gasteiger partial charge in [-0.2, -0.15) is 0 Å². The highest BCUT2D eigenvalue weighted by atomic mass is 16.5. The number of carboxylic acids is 1. The number of hydrogen-bond donors (Lipinski definition) is 2. The van der Waals surface area contributed by atoms with Gasteiger partial charge in [0.15, 0.2) is 0 Å². The van der Waals surface area contributed by atoms with Gasteiger partial charge in [0.2, 0.25) is 5.91 Å². The molecule has 0 heterocycles. The van der Waals surface area contributed by atoms with E-state index < -0.39 is 5.97 Å². The van der Waals surface area contributed by atoms with Crippen LogP contribution < -0.4 is 14.8 Å². The van der Waals surface area contributed by atoms with Crippen molar-refractivity contribution >= 4 is 17.6 Å². The lowest BCUT2D eigenvalue weighted by Crippen LogP contribution is -2.17. The van der Waals surface area contributed by atoms with Gasteiger partial charge in [0.25, 0.3) is 0 Å². The second-order valence-electron chi connectivity index (χ2n) is 4.52. The summed E-state index contributed by atoms with van der Waals surface area (Å²) in [6, 6.07) is 5.06. The summed E-state index contributed by atoms with van der Waals surface area (Å²) in [4.78, 5) is 22.4. The second kappa shape index (κ2) is 7.37. The molecule has 1 rings (SSSR count). The van der Waals surface area contributed by atoms with E-state index in [9.17, 15) is 9.59 Å². The van der Waals surface area contributed by atoms with Gasteiger partial charge >= 0.3 is 5.97 Å². The summed E-state index contributed by atoms with van der Waals surface area (Å²) >= 11 is 0. The smallest absolute Gasteiger partial charge is 0.303 e. The molecule has 0 bridgehead atoms. The first-order valence-electron chi connectivity index (χ1n) is 6.20. The largest absolute Gasteiger partial charge is 0.497 e. The van der Waals surface area contributed by atoms with Gasteiger partial charge in [-0.25, -0.2) is 0 Å². The SMILES string of the molecule is COc1ccc(OC)c(NC(=O)CC(C)CC(=O)O)c1. The van der Waals surface area contributed by atoms with Crippen LogP contribution in [-0.2, 0) is 9.59 Å². The van der Waals surface area contributed by atoms with Crippen LogP contribution in [0.2, 0.25) is 0 Å². The summed E-state index contributed by atoms with van der Waals surface area (Å²) in [6.07, 6.45) is 0.0926. The van der Waals surface area contributed by atoms with Crippen LogP contribution >= 0.6 is 0 Å². The molecule has 1 amide bonds. The fourth-order valence-electron chi connectivity index (χ4n) is 1.80. The topological polar surface area (TPSA) is 84.9 Å². The predicted octanol–water partition coefficient (Wildman–Crippen LogP) is 2.14. The minimum Gasteiger partial charge on any atom is -0.497 e. The van der Waals surface area contributed by atoms with Gasteiger partial charge in [-0.1, -0.05) is 6.92 Å². The van der Waals surface area contributed by atoms with Gasteiger partial charge in [0.05, 0.1) is 19.9 Å². The van der Waals surface area contributed by atoms with Gasteiger partial charge in [-0.15, -0.1) is 0 Å². The molecule has 0 aliphatic heterocycles. The van der Waals surface area contributed by atoms with Crippen LogP contribution in [0.5, 0.6) is 11.5 Å². The molecular weight excluding hydrogens is 262 g/mol. The number of rotatable bonds is 7. The lowest BCUT2D eigenvalue weighted by atomic mass is 10.0. The number of benzene rings is 1. The minimum atomic E-state index is -0.913. The van der Waals surface area contributed by atoms with Gasteiger partial charge in [-0.05, 0) is 18.1 Å². The molecule has 1 aromatic carbocycles. The van der Waals surface area contributed by atoms with Crippen LogP contribution in [0.4, 0.5) is 5.69 Å². The molecule has 0 spiro atoms. The zero-order valence-corrected chi connectivity index (χ0v) is 11.8. The Balaban J connectivity index is 2.71. The molecule has 0 aliphatic carbocycles. The molecule has 110 valence electrons. The zero-order valence-electron chi connectivity index (χ0n) is 11.8. The maximum Gasteiger partial charge on any atom is 0.303 e. The standard InChI is InChI=1S/C14H19NO5/c1-9(7-14(17)18)6-13(16)15-11-8-10(19-2)4-5-12(11)20-3/h4-5,8-9H,6-7H2,1-3H3,(H,15,16)(H,17,18). The molecule has 6 nitrogen and oxygen atoms in total. The fourth-order valence-corrected chi connectivity index (χ4v) is 1.80. The molecule has 2 N–H and O–H groups in total. The third kappa shape index (κ3) is 4.79. The molecule has 0 saturated carbocycles. The number of hydrogen-bond acceptors (Lipinski definition) is 4. The second-order valence-corrected chi connectivity index (χ2v) is 4.52. The molecule has 20 heavy (non-hydrogen) atoms. The Labute approximate surface area is 117 Å². The van der Waals surface area contributed by atoms with Gasteiger partial charge in [0.1, 0.15) is 11.5 Å². The van der Waals surface area contributed by atoms with Crippen molar-refractivity contribution in [3.63, 3.8) is 0 Å². The fraction of sp³-hybridized carbons (Fsp3) is 0.429. The summed E-state index contributed by atoms with van der Waals surface area (Å²) < 4.78 is 10.2. The van der Waals surface area contributed by atoms with Crippen molar-refractivity contribution < 1.29 is 24.2 Å². The Hall–Kier alpha value is -2.24. The van der Waals surface area contributed by atoms with E-state index >= 15 is 0 Å². The number of methoxy groups -OCH3 is 2. The third-order valence-electron chi connectivity index (χ3n) is 2.74. The average molecular weight is 281 g/mol. The Morgan fingerprint density at radius 2 is 1.95 bits per heavy atom. The van der Waals surface area contributed by atoms with Crippen molar-refractivity contribution in [2.24, 2.45) is 5.92 Å². The maximum absolute atomic E-state index is 11.9. The normalized spacial score (nSPS) is 11.6. The van der Waals surface area contributed by atoms with E-state index in [4.69, 9.17) is 14.6 Å². The van der Waals surface area contributed by atoms with Crippen LogP contribution in [0.1, 0.15) is 19.8 Å². The molecule has 0 aromatic heterocycles. The van der Waals surface area contributed by atoms with Crippen LogP contribution in [0.15, 0.2) is 18.2 Å². The number of carboxylic acid groups (broad SMARTS) is 1. The number of nitrogens with one attached hydrogen (secondary N) is 1. The summed E-state index contributed by atoms with van der Waals surface area (Å²) in [5.41, 5.74) is 0.499. The first-order valence-corrected chi connectivity index (χ1v) is 6.20. The molecule has 1 aromatic rings. The Bertz CT molecular complexity index is 486. The Morgan fingerprint density at radius 1 is 1.25 bits per heavy atom. The molecular formula is C14H19NO5. The number of carbonyl (C=O) groups is 2. The van der Waals surface area contributed by atoms with E-state index in [2.05, 4.69) is 5.32 Å². The highest BCUT2D eigenvalue weighted by molar-refractivity contribution is 5.92. The summed E-state index contributed by atoms with van der Waals surface area (Å²) in [6.45, 7) is 1.72. The number of ether oxygens (including phenoxy) is 2. The highest BCUT2D eigenvalue weighted by Crippen LogP contribution is 2.29. The van der Waals surface area contributed by atoms with E-state index in [1.54, 1.807) is 25.1 Å². The van der Waals surface area contributed by atoms with E-state index in [-0.39, 0.29) is 24.7 Å². The lowest BCUT2D eigenvalue weighted by Gasteiger charge is -2.13. The van der Waals surface area contributed by atoms with E-state index in [0.29, 0.717) is 17.2 Å². The minimum absolute atomic E-state index is 0.0390. The number of aliphatic carboxylic acids is 1. The Kier molecular flexibility index (Phi) is 5.83. The molecule has 0 radical (unpaired) electrons. The van der Waals surface area contributed by atoms with E-state index in [0.717, 1.165) is 0 Å². The number of anilines is 1. The molecule has 1 unspecified atom stereocenters. The first-order chi connectivity index (χ1) is 9.46. The van der Waals surface area contributed by atoms with E-state index in [1.165, 1.54) is 14.2 Å². The highest BCUT2D eigenvalue weighted by Gasteiger charge is 2.14. The molecule has 0 aliphatic rings. The molecule has 0 saturated heterocycles. The first kappa shape index (κ1) is 15.8. The lowest BCUT2D eigenvalue weighted by molar-refractivity contribution is -0.138. The number of carbonyl (C=O) groups excluding carboxylic acids is 1. The van der Waals surface area contributed by atoms with E-state index in [1.807, 2.05) is 0 Å². The van der Waals surface area contributed by atoms with Gasteiger partial charge in [-0.3, -0.25) is 9.59 Å².